The van der Waals surface area contributed by atoms with Gasteiger partial charge in [0.1, 0.15) is 5.82 Å². The number of thiophene rings is 1. The Balaban J connectivity index is 1.66. The minimum absolute atomic E-state index is 0.317. The molecule has 32 heavy (non-hydrogen) atoms. The van der Waals surface area contributed by atoms with Crippen molar-refractivity contribution >= 4 is 51.5 Å². The second kappa shape index (κ2) is 8.46. The molecule has 4 aromatic rings. The molecule has 1 aliphatic rings. The van der Waals surface area contributed by atoms with E-state index in [1.165, 1.54) is 23.5 Å². The first-order valence-corrected chi connectivity index (χ1v) is 11.4. The number of rotatable bonds is 4. The van der Waals surface area contributed by atoms with Crippen molar-refractivity contribution in [2.24, 2.45) is 0 Å². The molecule has 160 valence electrons. The fourth-order valence-corrected chi connectivity index (χ4v) is 4.80. The molecule has 0 aliphatic carbocycles. The maximum absolute atomic E-state index is 13.5. The van der Waals surface area contributed by atoms with Crippen molar-refractivity contribution < 1.29 is 8.91 Å². The molecule has 0 amide bonds. The summed E-state index contributed by atoms with van der Waals surface area (Å²) in [6.45, 7) is 1.93. The Labute approximate surface area is 198 Å². The zero-order valence-electron chi connectivity index (χ0n) is 16.8. The summed E-state index contributed by atoms with van der Waals surface area (Å²) in [6, 6.07) is 17.2. The molecule has 0 bridgehead atoms. The van der Waals surface area contributed by atoms with Gasteiger partial charge in [0.05, 0.1) is 16.5 Å². The Morgan fingerprint density at radius 2 is 1.88 bits per heavy atom. The number of nitrogens with one attached hydrogen (secondary N) is 1. The summed E-state index contributed by atoms with van der Waals surface area (Å²) in [5, 5.41) is 10.6. The van der Waals surface area contributed by atoms with Gasteiger partial charge in [-0.2, -0.15) is 4.98 Å². The minimum Gasteiger partial charge on any atom is -0.351 e. The van der Waals surface area contributed by atoms with Crippen molar-refractivity contribution in [1.29, 1.82) is 0 Å². The largest absolute Gasteiger partial charge is 0.351 e. The molecule has 2 aromatic carbocycles. The minimum atomic E-state index is -0.326. The van der Waals surface area contributed by atoms with Crippen LogP contribution in [0.1, 0.15) is 24.4 Å². The Bertz CT molecular complexity index is 1300. The first-order valence-electron chi connectivity index (χ1n) is 9.71. The predicted octanol–water partition coefficient (Wildman–Crippen LogP) is 6.46. The maximum Gasteiger partial charge on any atom is 0.258 e. The molecule has 0 fully saturated rings. The molecule has 9 heteroatoms. The van der Waals surface area contributed by atoms with Crippen molar-refractivity contribution in [2.45, 2.75) is 13.0 Å². The zero-order valence-corrected chi connectivity index (χ0v) is 19.1. The summed E-state index contributed by atoms with van der Waals surface area (Å²) in [5.41, 5.74) is 3.26. The van der Waals surface area contributed by atoms with E-state index in [0.717, 1.165) is 27.4 Å². The summed E-state index contributed by atoms with van der Waals surface area (Å²) in [4.78, 5) is 7.42. The van der Waals surface area contributed by atoms with E-state index in [-0.39, 0.29) is 11.9 Å². The molecule has 0 radical (unpaired) electrons. The molecular formula is C23H16ClFN4OS2. The normalized spacial score (nSPS) is 16.4. The van der Waals surface area contributed by atoms with E-state index < -0.39 is 0 Å². The predicted molar refractivity (Wildman–Crippen MR) is 129 cm³/mol. The summed E-state index contributed by atoms with van der Waals surface area (Å²) in [7, 11) is 0. The van der Waals surface area contributed by atoms with Crippen LogP contribution in [0.15, 0.2) is 76.3 Å². The topological polar surface area (TPSA) is 54.2 Å². The molecule has 5 nitrogen and oxygen atoms in total. The van der Waals surface area contributed by atoms with Crippen molar-refractivity contribution in [3.63, 3.8) is 0 Å². The number of allylic oxidation sites excluding steroid dienone is 1. The van der Waals surface area contributed by atoms with E-state index in [0.29, 0.717) is 21.9 Å². The molecule has 0 spiro atoms. The van der Waals surface area contributed by atoms with Gasteiger partial charge in [0.25, 0.3) is 5.89 Å². The number of nitrogens with zero attached hydrogens (tertiary/aromatic N) is 3. The lowest BCUT2D eigenvalue weighted by molar-refractivity contribution is 0.404. The number of hydrogen-bond acceptors (Lipinski definition) is 5. The molecule has 5 rings (SSSR count). The van der Waals surface area contributed by atoms with E-state index in [2.05, 4.69) is 15.5 Å². The average molecular weight is 483 g/mol. The SMILES string of the molecule is CC1=C(c2nc(-c3cccs3)no2)C(c2ccc(Cl)cc2)NC(=S)N1c1ccc(F)cc1. The van der Waals surface area contributed by atoms with Gasteiger partial charge in [-0.25, -0.2) is 4.39 Å². The van der Waals surface area contributed by atoms with Crippen LogP contribution in [-0.4, -0.2) is 15.3 Å². The third-order valence-electron chi connectivity index (χ3n) is 5.17. The van der Waals surface area contributed by atoms with Gasteiger partial charge in [-0.05, 0) is 72.5 Å². The van der Waals surface area contributed by atoms with Crippen molar-refractivity contribution in [1.82, 2.24) is 15.5 Å². The van der Waals surface area contributed by atoms with Gasteiger partial charge in [0, 0.05) is 16.4 Å². The standard InChI is InChI=1S/C23H16ClFN4OS2/c1-13-19(22-27-21(28-30-22)18-3-2-12-32-18)20(14-4-6-15(24)7-5-14)26-23(31)29(13)17-10-8-16(25)9-11-17/h2-12,20H,1H3,(H,26,31). The van der Waals surface area contributed by atoms with Crippen LogP contribution in [-0.2, 0) is 0 Å². The maximum atomic E-state index is 13.5. The Kier molecular flexibility index (Phi) is 5.50. The van der Waals surface area contributed by atoms with Crippen molar-refractivity contribution in [3.8, 4) is 10.7 Å². The van der Waals surface area contributed by atoms with Crippen LogP contribution < -0.4 is 10.2 Å². The third kappa shape index (κ3) is 3.81. The highest BCUT2D eigenvalue weighted by Crippen LogP contribution is 2.39. The van der Waals surface area contributed by atoms with Crippen LogP contribution in [0.2, 0.25) is 5.02 Å². The lowest BCUT2D eigenvalue weighted by Crippen LogP contribution is -2.46. The number of thiocarbonyl (C=S) groups is 1. The smallest absolute Gasteiger partial charge is 0.258 e. The Hall–Kier alpha value is -3.07. The van der Waals surface area contributed by atoms with E-state index in [1.807, 2.05) is 53.6 Å². The lowest BCUT2D eigenvalue weighted by Gasteiger charge is -2.37. The number of hydrogen-bond donors (Lipinski definition) is 1. The Morgan fingerprint density at radius 1 is 1.12 bits per heavy atom. The number of benzene rings is 2. The van der Waals surface area contributed by atoms with Crippen LogP contribution in [0.5, 0.6) is 0 Å². The van der Waals surface area contributed by atoms with Gasteiger partial charge in [-0.15, -0.1) is 11.3 Å². The molecule has 1 aliphatic heterocycles. The van der Waals surface area contributed by atoms with Gasteiger partial charge in [0.15, 0.2) is 5.11 Å². The summed E-state index contributed by atoms with van der Waals surface area (Å²) in [6.07, 6.45) is 0. The molecule has 0 saturated carbocycles. The second-order valence-electron chi connectivity index (χ2n) is 7.15. The average Bonchev–Trinajstić information content (AvgIpc) is 3.47. The highest BCUT2D eigenvalue weighted by atomic mass is 35.5. The fourth-order valence-electron chi connectivity index (χ4n) is 3.67. The fraction of sp³-hybridized carbons (Fsp3) is 0.0870. The summed E-state index contributed by atoms with van der Waals surface area (Å²) < 4.78 is 19.2. The number of halogens is 2. The van der Waals surface area contributed by atoms with E-state index in [9.17, 15) is 4.39 Å². The van der Waals surface area contributed by atoms with E-state index in [4.69, 9.17) is 28.3 Å². The molecule has 1 N–H and O–H groups in total. The summed E-state index contributed by atoms with van der Waals surface area (Å²) >= 11 is 13.3. The highest BCUT2D eigenvalue weighted by Gasteiger charge is 2.34. The first-order chi connectivity index (χ1) is 15.5. The molecule has 2 aromatic heterocycles. The van der Waals surface area contributed by atoms with Crippen LogP contribution >= 0.6 is 35.2 Å². The molecule has 3 heterocycles. The molecule has 0 saturated heterocycles. The molecule has 1 atom stereocenters. The van der Waals surface area contributed by atoms with Gasteiger partial charge in [0.2, 0.25) is 5.82 Å². The van der Waals surface area contributed by atoms with Crippen LogP contribution in [0.4, 0.5) is 10.1 Å². The van der Waals surface area contributed by atoms with Gasteiger partial charge < -0.3 is 9.84 Å². The third-order valence-corrected chi connectivity index (χ3v) is 6.59. The number of aromatic nitrogens is 2. The van der Waals surface area contributed by atoms with Crippen LogP contribution in [0, 0.1) is 5.82 Å². The van der Waals surface area contributed by atoms with Crippen LogP contribution in [0.25, 0.3) is 16.3 Å². The van der Waals surface area contributed by atoms with E-state index >= 15 is 0 Å². The van der Waals surface area contributed by atoms with Gasteiger partial charge >= 0.3 is 0 Å². The van der Waals surface area contributed by atoms with Crippen molar-refractivity contribution in [3.05, 3.63) is 94.0 Å². The van der Waals surface area contributed by atoms with Gasteiger partial charge in [-0.1, -0.05) is 35.0 Å². The van der Waals surface area contributed by atoms with Gasteiger partial charge in [-0.3, -0.25) is 4.90 Å². The number of anilines is 1. The van der Waals surface area contributed by atoms with Crippen molar-refractivity contribution in [2.75, 3.05) is 4.90 Å². The van der Waals surface area contributed by atoms with Crippen LogP contribution in [0.3, 0.4) is 0 Å². The highest BCUT2D eigenvalue weighted by molar-refractivity contribution is 7.80. The monoisotopic (exact) mass is 482 g/mol. The molecular weight excluding hydrogens is 467 g/mol. The quantitative estimate of drug-likeness (QED) is 0.337. The molecule has 1 unspecified atom stereocenters. The lowest BCUT2D eigenvalue weighted by atomic mass is 9.94. The summed E-state index contributed by atoms with van der Waals surface area (Å²) in [5.74, 6) is 0.586. The van der Waals surface area contributed by atoms with E-state index in [1.54, 1.807) is 12.1 Å². The zero-order chi connectivity index (χ0) is 22.2. The first kappa shape index (κ1) is 20.8. The Morgan fingerprint density at radius 3 is 2.56 bits per heavy atom. The second-order valence-corrected chi connectivity index (χ2v) is 8.92.